The lowest BCUT2D eigenvalue weighted by Gasteiger charge is -2.10. The smallest absolute Gasteiger partial charge is 0.0956 e. The Labute approximate surface area is 73.8 Å². The van der Waals surface area contributed by atoms with Gasteiger partial charge in [0.2, 0.25) is 0 Å². The zero-order valence-corrected chi connectivity index (χ0v) is 10.2. The Morgan fingerprint density at radius 2 is 2.36 bits per heavy atom. The van der Waals surface area contributed by atoms with Crippen molar-refractivity contribution in [1.29, 1.82) is 0 Å². The van der Waals surface area contributed by atoms with Crippen LogP contribution >= 0.6 is 25.0 Å². The van der Waals surface area contributed by atoms with Crippen LogP contribution in [0.4, 0.5) is 0 Å². The number of hydrogen-bond donors (Lipinski definition) is 0. The van der Waals surface area contributed by atoms with E-state index in [1.54, 1.807) is 7.11 Å². The molecule has 0 aromatic rings. The van der Waals surface area contributed by atoms with Gasteiger partial charge >= 0.3 is 0 Å². The van der Waals surface area contributed by atoms with E-state index in [2.05, 4.69) is 21.9 Å². The molecule has 2 nitrogen and oxygen atoms in total. The van der Waals surface area contributed by atoms with Crippen LogP contribution < -0.4 is 0 Å². The van der Waals surface area contributed by atoms with Gasteiger partial charge in [-0.3, -0.25) is 0 Å². The Hall–Kier alpha value is 0.950. The van der Waals surface area contributed by atoms with Crippen molar-refractivity contribution in [1.82, 2.24) is 0 Å². The normalized spacial score (nSPS) is 16.2. The quantitative estimate of drug-likeness (QED) is 0.514. The molecule has 0 radical (unpaired) electrons. The summed E-state index contributed by atoms with van der Waals surface area (Å²) in [6.45, 7) is 4.80. The number of hydrogen-bond acceptors (Lipinski definition) is 2. The van der Waals surface area contributed by atoms with Gasteiger partial charge in [0.05, 0.1) is 22.6 Å². The first-order valence-corrected chi connectivity index (χ1v) is 7.91. The third kappa shape index (κ3) is 7.32. The van der Waals surface area contributed by atoms with E-state index >= 15 is 0 Å². The molecule has 0 heterocycles. The molecule has 3 atom stereocenters. The third-order valence-electron chi connectivity index (χ3n) is 1.11. The summed E-state index contributed by atoms with van der Waals surface area (Å²) in [5.41, 5.74) is 1.26. The average molecular weight is 212 g/mol. The van der Waals surface area contributed by atoms with Crippen molar-refractivity contribution in [2.24, 2.45) is 0 Å². The fraction of sp³-hybridized carbons (Fsp3) is 0.667. The second-order valence-corrected chi connectivity index (χ2v) is 8.36. The Balaban J connectivity index is 3.37. The van der Waals surface area contributed by atoms with Crippen LogP contribution in [0.1, 0.15) is 13.8 Å². The summed E-state index contributed by atoms with van der Waals surface area (Å²) in [5.74, 6) is 0. The summed E-state index contributed by atoms with van der Waals surface area (Å²) in [6.07, 6.45) is 2.06. The molecule has 0 N–H and O–H groups in total. The van der Waals surface area contributed by atoms with E-state index in [9.17, 15) is 0 Å². The molecule has 0 aliphatic heterocycles. The maximum absolute atomic E-state index is 5.48. The van der Waals surface area contributed by atoms with Gasteiger partial charge in [0, 0.05) is 7.11 Å². The molecule has 0 fully saturated rings. The van der Waals surface area contributed by atoms with Crippen LogP contribution in [0.15, 0.2) is 11.6 Å². The van der Waals surface area contributed by atoms with Gasteiger partial charge in [0.15, 0.2) is 0 Å². The largest absolute Gasteiger partial charge is 0.358 e. The summed E-state index contributed by atoms with van der Waals surface area (Å²) in [6, 6.07) is 0. The summed E-state index contributed by atoms with van der Waals surface area (Å²) in [4.78, 5) is 0. The fourth-order valence-electron chi connectivity index (χ4n) is 0.371. The van der Waals surface area contributed by atoms with Crippen LogP contribution in [0.25, 0.3) is 0 Å². The minimum atomic E-state index is -0.437. The van der Waals surface area contributed by atoms with Gasteiger partial charge in [0.25, 0.3) is 0 Å². The summed E-state index contributed by atoms with van der Waals surface area (Å²) in [7, 11) is 4.40. The summed E-state index contributed by atoms with van der Waals surface area (Å²) in [5, 5.41) is 0. The molecule has 0 amide bonds. The van der Waals surface area contributed by atoms with Gasteiger partial charge in [-0.05, 0) is 13.8 Å². The Bertz CT molecular complexity index is 127. The van der Waals surface area contributed by atoms with E-state index in [4.69, 9.17) is 9.05 Å². The zero-order chi connectivity index (χ0) is 8.69. The predicted molar refractivity (Wildman–Crippen MR) is 57.3 cm³/mol. The van der Waals surface area contributed by atoms with Crippen LogP contribution in [0.2, 0.25) is 0 Å². The van der Waals surface area contributed by atoms with Crippen LogP contribution in [0.3, 0.4) is 0 Å². The molecular formula is C6H15O2P3. The van der Waals surface area contributed by atoms with Crippen molar-refractivity contribution < 1.29 is 9.05 Å². The molecular weight excluding hydrogens is 197 g/mol. The highest BCUT2D eigenvalue weighted by Crippen LogP contribution is 2.63. The highest BCUT2D eigenvalue weighted by molar-refractivity contribution is 8.44. The lowest BCUT2D eigenvalue weighted by atomic mass is 10.3. The third-order valence-corrected chi connectivity index (χ3v) is 4.75. The lowest BCUT2D eigenvalue weighted by molar-refractivity contribution is 0.403. The molecule has 0 aliphatic carbocycles. The molecule has 0 bridgehead atoms. The Morgan fingerprint density at radius 3 is 2.82 bits per heavy atom. The van der Waals surface area contributed by atoms with Crippen molar-refractivity contribution >= 4 is 25.0 Å². The van der Waals surface area contributed by atoms with Gasteiger partial charge < -0.3 is 9.05 Å². The molecule has 0 saturated heterocycles. The van der Waals surface area contributed by atoms with Gasteiger partial charge in [0.1, 0.15) is 0 Å². The molecule has 3 unspecified atom stereocenters. The van der Waals surface area contributed by atoms with E-state index in [1.165, 1.54) is 5.57 Å². The number of rotatable bonds is 5. The maximum Gasteiger partial charge on any atom is 0.0956 e. The minimum absolute atomic E-state index is 0.437. The molecule has 66 valence electrons. The summed E-state index contributed by atoms with van der Waals surface area (Å²) < 4.78 is 10.4. The second-order valence-electron chi connectivity index (χ2n) is 2.03. The molecule has 0 rings (SSSR count). The van der Waals surface area contributed by atoms with Crippen LogP contribution in [-0.4, -0.2) is 13.7 Å². The fourth-order valence-corrected chi connectivity index (χ4v) is 3.01. The molecule has 5 heteroatoms. The van der Waals surface area contributed by atoms with Crippen LogP contribution in [0.5, 0.6) is 0 Å². The van der Waals surface area contributed by atoms with Crippen molar-refractivity contribution in [3.05, 3.63) is 11.6 Å². The van der Waals surface area contributed by atoms with Gasteiger partial charge in [-0.25, -0.2) is 0 Å². The number of allylic oxidation sites excluding steroid dienone is 1. The summed E-state index contributed by atoms with van der Waals surface area (Å²) >= 11 is 0. The van der Waals surface area contributed by atoms with Crippen LogP contribution in [0, 0.1) is 0 Å². The topological polar surface area (TPSA) is 18.5 Å². The minimum Gasteiger partial charge on any atom is -0.358 e. The van der Waals surface area contributed by atoms with Gasteiger partial charge in [-0.1, -0.05) is 20.6 Å². The van der Waals surface area contributed by atoms with E-state index in [0.717, 1.165) is 6.61 Å². The average Bonchev–Trinajstić information content (AvgIpc) is 2.01. The van der Waals surface area contributed by atoms with Crippen molar-refractivity contribution in [2.45, 2.75) is 13.8 Å². The lowest BCUT2D eigenvalue weighted by Crippen LogP contribution is -1.86. The van der Waals surface area contributed by atoms with E-state index < -0.39 is 7.53 Å². The van der Waals surface area contributed by atoms with Gasteiger partial charge in [-0.15, -0.1) is 0 Å². The molecule has 0 aliphatic rings. The first kappa shape index (κ1) is 11.9. The first-order valence-electron chi connectivity index (χ1n) is 3.29. The van der Waals surface area contributed by atoms with Gasteiger partial charge in [-0.2, -0.15) is 0 Å². The molecule has 0 saturated carbocycles. The van der Waals surface area contributed by atoms with E-state index in [0.29, 0.717) is 8.50 Å². The first-order chi connectivity index (χ1) is 5.20. The maximum atomic E-state index is 5.48. The standard InChI is InChI=1S/C6H15O2P3/c1-4-6(2)5-8-11(9)10-7-3/h4,10H,5,9H2,1-3H3/b6-4-. The predicted octanol–water partition coefficient (Wildman–Crippen LogP) is 3.31. The van der Waals surface area contributed by atoms with Crippen molar-refractivity contribution in [3.8, 4) is 0 Å². The monoisotopic (exact) mass is 212 g/mol. The molecule has 0 spiro atoms. The molecule has 0 aromatic carbocycles. The second kappa shape index (κ2) is 7.59. The molecule has 11 heavy (non-hydrogen) atoms. The Kier molecular flexibility index (Phi) is 8.25. The van der Waals surface area contributed by atoms with E-state index in [-0.39, 0.29) is 0 Å². The van der Waals surface area contributed by atoms with Crippen molar-refractivity contribution in [2.75, 3.05) is 13.7 Å². The highest BCUT2D eigenvalue weighted by atomic mass is 32.4. The van der Waals surface area contributed by atoms with Crippen molar-refractivity contribution in [3.63, 3.8) is 0 Å². The molecule has 0 aromatic heterocycles. The van der Waals surface area contributed by atoms with Crippen LogP contribution in [-0.2, 0) is 9.05 Å². The Morgan fingerprint density at radius 1 is 1.73 bits per heavy atom. The zero-order valence-electron chi connectivity index (χ0n) is 7.13. The van der Waals surface area contributed by atoms with E-state index in [1.807, 2.05) is 6.92 Å². The SMILES string of the molecule is C/C=C(/C)COP(P)POC. The highest BCUT2D eigenvalue weighted by Gasteiger charge is 2.00.